The summed E-state index contributed by atoms with van der Waals surface area (Å²) in [6, 6.07) is 5.81. The van der Waals surface area contributed by atoms with E-state index in [4.69, 9.17) is 11.5 Å². The first kappa shape index (κ1) is 12.0. The lowest BCUT2D eigenvalue weighted by atomic mass is 10.0. The molecule has 84 valence electrons. The molecule has 1 aromatic carbocycles. The standard InChI is InChI=1S/C12H20N2O/c1-8(13)5-10-3-4-12(15)11(7-10)6-9(2)14/h3-4,7-9,15H,5-6,13-14H2,1-2H3. The minimum Gasteiger partial charge on any atom is -0.508 e. The van der Waals surface area contributed by atoms with Gasteiger partial charge in [-0.3, -0.25) is 0 Å². The number of nitrogens with two attached hydrogens (primary N) is 2. The van der Waals surface area contributed by atoms with Gasteiger partial charge in [0, 0.05) is 12.1 Å². The number of phenols is 1. The third-order valence-electron chi connectivity index (χ3n) is 2.24. The Bertz CT molecular complexity index is 321. The van der Waals surface area contributed by atoms with Crippen LogP contribution in [-0.2, 0) is 12.8 Å². The normalized spacial score (nSPS) is 14.9. The van der Waals surface area contributed by atoms with Crippen LogP contribution >= 0.6 is 0 Å². The van der Waals surface area contributed by atoms with Crippen LogP contribution < -0.4 is 11.5 Å². The fourth-order valence-corrected chi connectivity index (χ4v) is 1.65. The Morgan fingerprint density at radius 2 is 1.73 bits per heavy atom. The SMILES string of the molecule is CC(N)Cc1ccc(O)c(CC(C)N)c1. The zero-order valence-electron chi connectivity index (χ0n) is 9.40. The van der Waals surface area contributed by atoms with Crippen LogP contribution in [0.25, 0.3) is 0 Å². The van der Waals surface area contributed by atoms with E-state index in [1.165, 1.54) is 0 Å². The summed E-state index contributed by atoms with van der Waals surface area (Å²) in [6.45, 7) is 3.90. The van der Waals surface area contributed by atoms with Crippen LogP contribution in [0.3, 0.4) is 0 Å². The van der Waals surface area contributed by atoms with Crippen LogP contribution in [0, 0.1) is 0 Å². The molecule has 1 rings (SSSR count). The third kappa shape index (κ3) is 3.90. The van der Waals surface area contributed by atoms with Gasteiger partial charge in [0.2, 0.25) is 0 Å². The van der Waals surface area contributed by atoms with Crippen molar-refractivity contribution in [3.63, 3.8) is 0 Å². The molecule has 5 N–H and O–H groups in total. The van der Waals surface area contributed by atoms with Gasteiger partial charge >= 0.3 is 0 Å². The van der Waals surface area contributed by atoms with E-state index in [0.29, 0.717) is 12.2 Å². The van der Waals surface area contributed by atoms with Gasteiger partial charge in [-0.15, -0.1) is 0 Å². The third-order valence-corrected chi connectivity index (χ3v) is 2.24. The van der Waals surface area contributed by atoms with Gasteiger partial charge in [-0.25, -0.2) is 0 Å². The van der Waals surface area contributed by atoms with Crippen LogP contribution in [-0.4, -0.2) is 17.2 Å². The Labute approximate surface area is 91.1 Å². The maximum atomic E-state index is 9.63. The van der Waals surface area contributed by atoms with Crippen LogP contribution in [0.5, 0.6) is 5.75 Å². The van der Waals surface area contributed by atoms with Crippen molar-refractivity contribution in [3.05, 3.63) is 29.3 Å². The molecule has 0 radical (unpaired) electrons. The lowest BCUT2D eigenvalue weighted by Gasteiger charge is -2.11. The van der Waals surface area contributed by atoms with Crippen LogP contribution in [0.4, 0.5) is 0 Å². The molecule has 1 aromatic rings. The quantitative estimate of drug-likeness (QED) is 0.695. The van der Waals surface area contributed by atoms with E-state index < -0.39 is 0 Å². The molecule has 0 amide bonds. The van der Waals surface area contributed by atoms with Crippen LogP contribution in [0.15, 0.2) is 18.2 Å². The van der Waals surface area contributed by atoms with Crippen molar-refractivity contribution >= 4 is 0 Å². The number of hydrogen-bond acceptors (Lipinski definition) is 3. The molecule has 3 heteroatoms. The molecule has 2 unspecified atom stereocenters. The predicted molar refractivity (Wildman–Crippen MR) is 62.8 cm³/mol. The number of hydrogen-bond donors (Lipinski definition) is 3. The molecule has 0 saturated carbocycles. The minimum atomic E-state index is 0.0569. The maximum Gasteiger partial charge on any atom is 0.118 e. The van der Waals surface area contributed by atoms with Gasteiger partial charge < -0.3 is 16.6 Å². The molecular weight excluding hydrogens is 188 g/mol. The van der Waals surface area contributed by atoms with Gasteiger partial charge in [-0.1, -0.05) is 12.1 Å². The summed E-state index contributed by atoms with van der Waals surface area (Å²) in [5.74, 6) is 0.320. The van der Waals surface area contributed by atoms with E-state index in [0.717, 1.165) is 17.5 Å². The van der Waals surface area contributed by atoms with Crippen molar-refractivity contribution in [1.82, 2.24) is 0 Å². The highest BCUT2D eigenvalue weighted by Gasteiger charge is 2.06. The molecule has 0 aliphatic carbocycles. The topological polar surface area (TPSA) is 72.3 Å². The molecule has 0 spiro atoms. The predicted octanol–water partition coefficient (Wildman–Crippen LogP) is 1.17. The van der Waals surface area contributed by atoms with Crippen molar-refractivity contribution < 1.29 is 5.11 Å². The van der Waals surface area contributed by atoms with Crippen LogP contribution in [0.1, 0.15) is 25.0 Å². The second-order valence-electron chi connectivity index (χ2n) is 4.33. The highest BCUT2D eigenvalue weighted by Crippen LogP contribution is 2.20. The monoisotopic (exact) mass is 208 g/mol. The highest BCUT2D eigenvalue weighted by molar-refractivity contribution is 5.37. The average molecular weight is 208 g/mol. The molecule has 0 bridgehead atoms. The minimum absolute atomic E-state index is 0.0569. The van der Waals surface area contributed by atoms with E-state index in [1.807, 2.05) is 26.0 Å². The first-order chi connectivity index (χ1) is 6.99. The Balaban J connectivity index is 2.85. The average Bonchev–Trinajstić information content (AvgIpc) is 2.09. The Kier molecular flexibility index (Phi) is 4.12. The summed E-state index contributed by atoms with van der Waals surface area (Å²) < 4.78 is 0. The first-order valence-corrected chi connectivity index (χ1v) is 5.31. The summed E-state index contributed by atoms with van der Waals surface area (Å²) in [7, 11) is 0. The lowest BCUT2D eigenvalue weighted by Crippen LogP contribution is -2.19. The summed E-state index contributed by atoms with van der Waals surface area (Å²) in [4.78, 5) is 0. The van der Waals surface area contributed by atoms with Gasteiger partial charge in [0.15, 0.2) is 0 Å². The van der Waals surface area contributed by atoms with E-state index in [1.54, 1.807) is 6.07 Å². The second-order valence-corrected chi connectivity index (χ2v) is 4.33. The van der Waals surface area contributed by atoms with Crippen LogP contribution in [0.2, 0.25) is 0 Å². The molecule has 0 aliphatic rings. The van der Waals surface area contributed by atoms with E-state index in [9.17, 15) is 5.11 Å². The Morgan fingerprint density at radius 1 is 1.13 bits per heavy atom. The molecule has 15 heavy (non-hydrogen) atoms. The summed E-state index contributed by atoms with van der Waals surface area (Å²) >= 11 is 0. The van der Waals surface area contributed by atoms with E-state index >= 15 is 0 Å². The van der Waals surface area contributed by atoms with Crippen molar-refractivity contribution in [3.8, 4) is 5.75 Å². The largest absolute Gasteiger partial charge is 0.508 e. The smallest absolute Gasteiger partial charge is 0.118 e. The first-order valence-electron chi connectivity index (χ1n) is 5.31. The zero-order valence-corrected chi connectivity index (χ0v) is 9.40. The molecule has 0 fully saturated rings. The Hall–Kier alpha value is -1.06. The van der Waals surface area contributed by atoms with Crippen molar-refractivity contribution in [2.45, 2.75) is 38.8 Å². The molecule has 0 aromatic heterocycles. The molecule has 0 heterocycles. The summed E-state index contributed by atoms with van der Waals surface area (Å²) in [5.41, 5.74) is 13.5. The summed E-state index contributed by atoms with van der Waals surface area (Å²) in [5, 5.41) is 9.63. The number of aromatic hydroxyl groups is 1. The van der Waals surface area contributed by atoms with Crippen molar-refractivity contribution in [1.29, 1.82) is 0 Å². The van der Waals surface area contributed by atoms with Gasteiger partial charge in [0.1, 0.15) is 5.75 Å². The molecule has 3 nitrogen and oxygen atoms in total. The fraction of sp³-hybridized carbons (Fsp3) is 0.500. The van der Waals surface area contributed by atoms with E-state index in [2.05, 4.69) is 0 Å². The number of rotatable bonds is 4. The molecule has 0 aliphatic heterocycles. The number of benzene rings is 1. The van der Waals surface area contributed by atoms with E-state index in [-0.39, 0.29) is 12.1 Å². The zero-order chi connectivity index (χ0) is 11.4. The van der Waals surface area contributed by atoms with Crippen molar-refractivity contribution in [2.24, 2.45) is 11.5 Å². The maximum absolute atomic E-state index is 9.63. The molecule has 2 atom stereocenters. The highest BCUT2D eigenvalue weighted by atomic mass is 16.3. The van der Waals surface area contributed by atoms with Gasteiger partial charge in [-0.05, 0) is 43.9 Å². The lowest BCUT2D eigenvalue weighted by molar-refractivity contribution is 0.465. The molecular formula is C12H20N2O. The fourth-order valence-electron chi connectivity index (χ4n) is 1.65. The Morgan fingerprint density at radius 3 is 2.27 bits per heavy atom. The summed E-state index contributed by atoms with van der Waals surface area (Å²) in [6.07, 6.45) is 1.52. The molecule has 0 saturated heterocycles. The van der Waals surface area contributed by atoms with Gasteiger partial charge in [0.05, 0.1) is 0 Å². The second kappa shape index (κ2) is 5.14. The van der Waals surface area contributed by atoms with Gasteiger partial charge in [-0.2, -0.15) is 0 Å². The van der Waals surface area contributed by atoms with Crippen molar-refractivity contribution in [2.75, 3.05) is 0 Å². The van der Waals surface area contributed by atoms with Gasteiger partial charge in [0.25, 0.3) is 0 Å². The number of phenolic OH excluding ortho intramolecular Hbond substituents is 1.